The molecule has 0 bridgehead atoms. The van der Waals surface area contributed by atoms with E-state index in [1.807, 2.05) is 0 Å². The molecular weight excluding hydrogens is 136 g/mol. The normalized spacial score (nSPS) is 11.3. The molecule has 0 aliphatic rings. The maximum absolute atomic E-state index is 10.3. The first kappa shape index (κ1) is 8.44. The number of carbonyl (C=O) groups excluding carboxylic acids is 1. The van der Waals surface area contributed by atoms with Crippen LogP contribution in [-0.4, -0.2) is 11.7 Å². The lowest BCUT2D eigenvalue weighted by Crippen LogP contribution is -1.77. The summed E-state index contributed by atoms with van der Waals surface area (Å²) >= 11 is 5.31. The van der Waals surface area contributed by atoms with Gasteiger partial charge in [0.2, 0.25) is 0 Å². The van der Waals surface area contributed by atoms with Gasteiger partial charge < -0.3 is 0 Å². The quantitative estimate of drug-likeness (QED) is 0.336. The molecule has 0 amide bonds. The van der Waals surface area contributed by atoms with Crippen LogP contribution >= 0.6 is 11.6 Å². The van der Waals surface area contributed by atoms with Crippen LogP contribution in [0.3, 0.4) is 0 Å². The van der Waals surface area contributed by atoms with Crippen LogP contribution < -0.4 is 0 Å². The number of alkyl halides is 1. The fourth-order valence-electron chi connectivity index (χ4n) is 0.321. The third-order valence-electron chi connectivity index (χ3n) is 0.667. The van der Waals surface area contributed by atoms with Crippen LogP contribution in [0.4, 0.5) is 0 Å². The molecule has 1 nitrogen and oxygen atoms in total. The minimum Gasteiger partial charge on any atom is -0.295 e. The zero-order valence-electron chi connectivity index (χ0n) is 5.30. The summed E-state index contributed by atoms with van der Waals surface area (Å²) in [6.45, 7) is 1.50. The molecule has 50 valence electrons. The maximum Gasteiger partial charge on any atom is 0.152 e. The maximum atomic E-state index is 10.3. The van der Waals surface area contributed by atoms with Gasteiger partial charge in [0.05, 0.1) is 0 Å². The monoisotopic (exact) mass is 144 g/mol. The zero-order chi connectivity index (χ0) is 7.11. The molecule has 0 saturated heterocycles. The molecule has 9 heavy (non-hydrogen) atoms. The molecule has 0 N–H and O–H groups in total. The predicted octanol–water partition coefficient (Wildman–Crippen LogP) is 1.93. The van der Waals surface area contributed by atoms with Crippen molar-refractivity contribution in [3.63, 3.8) is 0 Å². The summed E-state index contributed by atoms with van der Waals surface area (Å²) < 4.78 is 0. The van der Waals surface area contributed by atoms with Crippen molar-refractivity contribution in [2.75, 3.05) is 5.88 Å². The highest BCUT2D eigenvalue weighted by Gasteiger charge is 1.75. The molecule has 0 rings (SSSR count). The average Bonchev–Trinajstić information content (AvgIpc) is 1.80. The van der Waals surface area contributed by atoms with E-state index in [0.29, 0.717) is 5.88 Å². The van der Waals surface area contributed by atoms with Gasteiger partial charge in [0.1, 0.15) is 0 Å². The van der Waals surface area contributed by atoms with Crippen LogP contribution in [0.1, 0.15) is 6.92 Å². The van der Waals surface area contributed by atoms with Gasteiger partial charge in [-0.15, -0.1) is 11.6 Å². The van der Waals surface area contributed by atoms with Crippen molar-refractivity contribution in [2.45, 2.75) is 6.92 Å². The van der Waals surface area contributed by atoms with Gasteiger partial charge in [0, 0.05) is 5.88 Å². The molecule has 0 aromatic rings. The van der Waals surface area contributed by atoms with Crippen molar-refractivity contribution in [3.8, 4) is 0 Å². The van der Waals surface area contributed by atoms with Crippen LogP contribution in [0.2, 0.25) is 0 Å². The molecule has 0 saturated carbocycles. The van der Waals surface area contributed by atoms with Gasteiger partial charge in [-0.1, -0.05) is 18.2 Å². The van der Waals surface area contributed by atoms with Gasteiger partial charge >= 0.3 is 0 Å². The topological polar surface area (TPSA) is 17.1 Å². The number of hydrogen-bond acceptors (Lipinski definition) is 1. The Morgan fingerprint density at radius 3 is 2.67 bits per heavy atom. The van der Waals surface area contributed by atoms with Gasteiger partial charge in [0.15, 0.2) is 5.78 Å². The molecule has 0 aromatic carbocycles. The van der Waals surface area contributed by atoms with Crippen molar-refractivity contribution in [2.24, 2.45) is 0 Å². The number of rotatable bonds is 3. The first-order valence-electron chi connectivity index (χ1n) is 2.67. The van der Waals surface area contributed by atoms with Crippen molar-refractivity contribution < 1.29 is 4.79 Å². The molecule has 0 spiro atoms. The summed E-state index contributed by atoms with van der Waals surface area (Å²) in [4.78, 5) is 10.3. The summed E-state index contributed by atoms with van der Waals surface area (Å²) in [5.41, 5.74) is 0. The van der Waals surface area contributed by atoms with Crippen LogP contribution in [0.15, 0.2) is 24.3 Å². The predicted molar refractivity (Wildman–Crippen MR) is 39.7 cm³/mol. The highest BCUT2D eigenvalue weighted by Crippen LogP contribution is 1.80. The second-order valence-electron chi connectivity index (χ2n) is 1.55. The van der Waals surface area contributed by atoms with E-state index < -0.39 is 0 Å². The minimum absolute atomic E-state index is 0.0502. The second kappa shape index (κ2) is 5.57. The Balaban J connectivity index is 3.47. The number of ketones is 1. The second-order valence-corrected chi connectivity index (χ2v) is 1.86. The lowest BCUT2D eigenvalue weighted by molar-refractivity contribution is -0.112. The first-order chi connectivity index (χ1) is 4.27. The smallest absolute Gasteiger partial charge is 0.152 e. The Kier molecular flexibility index (Phi) is 5.23. The lowest BCUT2D eigenvalue weighted by Gasteiger charge is -1.74. The Labute approximate surface area is 60.0 Å². The summed E-state index contributed by atoms with van der Waals surface area (Å²) in [7, 11) is 0. The fourth-order valence-corrected chi connectivity index (χ4v) is 0.424. The van der Waals surface area contributed by atoms with Crippen molar-refractivity contribution in [1.29, 1.82) is 0 Å². The molecule has 0 atom stereocenters. The van der Waals surface area contributed by atoms with Gasteiger partial charge in [-0.2, -0.15) is 0 Å². The molecule has 2 heteroatoms. The lowest BCUT2D eigenvalue weighted by atomic mass is 10.4. The van der Waals surface area contributed by atoms with Gasteiger partial charge in [0.25, 0.3) is 0 Å². The van der Waals surface area contributed by atoms with E-state index in [9.17, 15) is 4.79 Å². The fraction of sp³-hybridized carbons (Fsp3) is 0.286. The van der Waals surface area contributed by atoms with E-state index in [2.05, 4.69) is 0 Å². The van der Waals surface area contributed by atoms with E-state index in [0.717, 1.165) is 0 Å². The number of halogens is 1. The Hall–Kier alpha value is -0.560. The van der Waals surface area contributed by atoms with E-state index in [1.54, 1.807) is 18.2 Å². The van der Waals surface area contributed by atoms with Crippen molar-refractivity contribution in [1.82, 2.24) is 0 Å². The molecule has 0 aliphatic heterocycles. The molecule has 0 heterocycles. The third kappa shape index (κ3) is 7.44. The molecule has 0 unspecified atom stereocenters. The van der Waals surface area contributed by atoms with Crippen LogP contribution in [0, 0.1) is 0 Å². The van der Waals surface area contributed by atoms with Crippen LogP contribution in [-0.2, 0) is 4.79 Å². The van der Waals surface area contributed by atoms with Crippen LogP contribution in [0.25, 0.3) is 0 Å². The molecule has 0 radical (unpaired) electrons. The Bertz CT molecular complexity index is 136. The van der Waals surface area contributed by atoms with Gasteiger partial charge in [-0.3, -0.25) is 4.79 Å². The van der Waals surface area contributed by atoms with Crippen molar-refractivity contribution in [3.05, 3.63) is 24.3 Å². The largest absolute Gasteiger partial charge is 0.295 e. The highest BCUT2D eigenvalue weighted by atomic mass is 35.5. The van der Waals surface area contributed by atoms with Gasteiger partial charge in [-0.05, 0) is 13.0 Å². The standard InChI is InChI=1S/C7H9ClO/c1-7(9)5-3-2-4-6-8/h2-5H,6H2,1H3/b4-2+,5-3+. The summed E-state index contributed by atoms with van der Waals surface area (Å²) in [6, 6.07) is 0. The summed E-state index contributed by atoms with van der Waals surface area (Å²) in [5.74, 6) is 0.539. The SMILES string of the molecule is CC(=O)/C=C/C=C/CCl. The number of allylic oxidation sites excluding steroid dienone is 4. The molecule has 0 aliphatic carbocycles. The van der Waals surface area contributed by atoms with Gasteiger partial charge in [-0.25, -0.2) is 0 Å². The molecular formula is C7H9ClO. The number of hydrogen-bond donors (Lipinski definition) is 0. The zero-order valence-corrected chi connectivity index (χ0v) is 6.06. The van der Waals surface area contributed by atoms with Crippen LogP contribution in [0.5, 0.6) is 0 Å². The Morgan fingerprint density at radius 2 is 2.22 bits per heavy atom. The van der Waals surface area contributed by atoms with E-state index in [4.69, 9.17) is 11.6 Å². The molecule has 0 aromatic heterocycles. The van der Waals surface area contributed by atoms with E-state index >= 15 is 0 Å². The minimum atomic E-state index is 0.0502. The Morgan fingerprint density at radius 1 is 1.56 bits per heavy atom. The van der Waals surface area contributed by atoms with E-state index in [-0.39, 0.29) is 5.78 Å². The molecule has 0 fully saturated rings. The summed E-state index contributed by atoms with van der Waals surface area (Å²) in [6.07, 6.45) is 6.67. The average molecular weight is 145 g/mol. The number of carbonyl (C=O) groups is 1. The first-order valence-corrected chi connectivity index (χ1v) is 3.20. The third-order valence-corrected chi connectivity index (χ3v) is 0.845. The summed E-state index contributed by atoms with van der Waals surface area (Å²) in [5, 5.41) is 0. The van der Waals surface area contributed by atoms with Crippen molar-refractivity contribution >= 4 is 17.4 Å². The highest BCUT2D eigenvalue weighted by molar-refractivity contribution is 6.18. The van der Waals surface area contributed by atoms with E-state index in [1.165, 1.54) is 13.0 Å².